The Balaban J connectivity index is 1.20. The van der Waals surface area contributed by atoms with Crippen molar-refractivity contribution in [1.82, 2.24) is 14.7 Å². The van der Waals surface area contributed by atoms with E-state index in [1.54, 1.807) is 0 Å². The van der Waals surface area contributed by atoms with E-state index in [4.69, 9.17) is 5.10 Å². The average molecular weight is 443 g/mol. The van der Waals surface area contributed by atoms with Gasteiger partial charge in [-0.2, -0.15) is 5.10 Å². The van der Waals surface area contributed by atoms with E-state index in [0.29, 0.717) is 11.9 Å². The van der Waals surface area contributed by atoms with Crippen molar-refractivity contribution in [2.45, 2.75) is 57.9 Å². The van der Waals surface area contributed by atoms with Gasteiger partial charge in [0.15, 0.2) is 0 Å². The fourth-order valence-corrected chi connectivity index (χ4v) is 5.88. The first kappa shape index (κ1) is 20.5. The number of aromatic nitrogens is 2. The lowest BCUT2D eigenvalue weighted by molar-refractivity contribution is -0.147. The molecule has 1 saturated heterocycles. The molecule has 1 saturated carbocycles. The van der Waals surface area contributed by atoms with Gasteiger partial charge in [-0.15, -0.1) is 0 Å². The molecule has 2 aromatic carbocycles. The maximum absolute atomic E-state index is 12.9. The van der Waals surface area contributed by atoms with Crippen LogP contribution in [0.5, 0.6) is 0 Å². The van der Waals surface area contributed by atoms with Gasteiger partial charge in [-0.25, -0.2) is 0 Å². The van der Waals surface area contributed by atoms with Crippen molar-refractivity contribution in [3.05, 3.63) is 59.4 Å². The number of nitrogens with zero attached hydrogens (tertiary/aromatic N) is 3. The van der Waals surface area contributed by atoms with Gasteiger partial charge in [-0.3, -0.25) is 14.3 Å². The first-order valence-corrected chi connectivity index (χ1v) is 12.1. The van der Waals surface area contributed by atoms with E-state index in [9.17, 15) is 9.59 Å². The summed E-state index contributed by atoms with van der Waals surface area (Å²) in [6.45, 7) is 5.97. The number of piperidine rings is 1. The molecule has 0 radical (unpaired) electrons. The minimum atomic E-state index is -0.110. The Bertz CT molecular complexity index is 1260. The summed E-state index contributed by atoms with van der Waals surface area (Å²) in [5.74, 6) is 0.491. The quantitative estimate of drug-likeness (QED) is 0.611. The van der Waals surface area contributed by atoms with Gasteiger partial charge in [0.05, 0.1) is 12.2 Å². The van der Waals surface area contributed by atoms with Crippen LogP contribution in [0.15, 0.2) is 42.7 Å². The lowest BCUT2D eigenvalue weighted by atomic mass is 9.69. The minimum absolute atomic E-state index is 0.0238. The van der Waals surface area contributed by atoms with Crippen molar-refractivity contribution < 1.29 is 9.59 Å². The monoisotopic (exact) mass is 442 g/mol. The highest BCUT2D eigenvalue weighted by Crippen LogP contribution is 2.43. The Labute approximate surface area is 194 Å². The van der Waals surface area contributed by atoms with Gasteiger partial charge < -0.3 is 10.2 Å². The molecule has 33 heavy (non-hydrogen) atoms. The molecule has 3 aliphatic rings. The van der Waals surface area contributed by atoms with Crippen molar-refractivity contribution in [2.75, 3.05) is 18.4 Å². The number of benzene rings is 2. The zero-order chi connectivity index (χ0) is 22.7. The lowest BCUT2D eigenvalue weighted by Gasteiger charge is -2.43. The molecule has 3 aromatic rings. The van der Waals surface area contributed by atoms with Gasteiger partial charge in [0.1, 0.15) is 0 Å². The first-order valence-electron chi connectivity index (χ1n) is 12.1. The predicted octanol–water partition coefficient (Wildman–Crippen LogP) is 5.11. The summed E-state index contributed by atoms with van der Waals surface area (Å²) >= 11 is 0. The van der Waals surface area contributed by atoms with Crippen molar-refractivity contribution in [3.63, 3.8) is 0 Å². The van der Waals surface area contributed by atoms with Gasteiger partial charge in [0.25, 0.3) is 5.91 Å². The molecule has 0 bridgehead atoms. The predicted molar refractivity (Wildman–Crippen MR) is 128 cm³/mol. The molecule has 2 aliphatic heterocycles. The molecule has 2 amide bonds. The Hall–Kier alpha value is -3.15. The second-order valence-corrected chi connectivity index (χ2v) is 10.3. The fourth-order valence-electron chi connectivity index (χ4n) is 5.88. The molecule has 0 unspecified atom stereocenters. The molecule has 3 heterocycles. The summed E-state index contributed by atoms with van der Waals surface area (Å²) in [5.41, 5.74) is 3.92. The van der Waals surface area contributed by atoms with Crippen molar-refractivity contribution in [2.24, 2.45) is 5.41 Å². The van der Waals surface area contributed by atoms with E-state index in [1.165, 1.54) is 17.5 Å². The van der Waals surface area contributed by atoms with Crippen LogP contribution in [0.4, 0.5) is 5.69 Å². The molecular weight excluding hydrogens is 412 g/mol. The number of carbonyl (C=O) groups is 2. The summed E-state index contributed by atoms with van der Waals surface area (Å²) in [5, 5.41) is 9.84. The van der Waals surface area contributed by atoms with E-state index in [2.05, 4.69) is 47.1 Å². The molecular formula is C27H30N4O2. The number of hydrogen-bond donors (Lipinski definition) is 1. The zero-order valence-electron chi connectivity index (χ0n) is 19.3. The van der Waals surface area contributed by atoms with Crippen LogP contribution >= 0.6 is 0 Å². The third-order valence-corrected chi connectivity index (χ3v) is 8.25. The van der Waals surface area contributed by atoms with E-state index in [-0.39, 0.29) is 17.2 Å². The molecule has 6 rings (SSSR count). The van der Waals surface area contributed by atoms with Crippen molar-refractivity contribution in [3.8, 4) is 0 Å². The maximum atomic E-state index is 12.9. The molecule has 1 aromatic heterocycles. The molecule has 170 valence electrons. The van der Waals surface area contributed by atoms with E-state index < -0.39 is 0 Å². The molecule has 6 nitrogen and oxygen atoms in total. The van der Waals surface area contributed by atoms with Crippen LogP contribution in [-0.2, 0) is 4.79 Å². The van der Waals surface area contributed by atoms with Crippen molar-refractivity contribution >= 4 is 28.3 Å². The number of carbonyl (C=O) groups excluding carboxylic acids is 2. The summed E-state index contributed by atoms with van der Waals surface area (Å²) < 4.78 is 2.10. The van der Waals surface area contributed by atoms with Gasteiger partial charge in [-0.05, 0) is 54.3 Å². The highest BCUT2D eigenvalue weighted by molar-refractivity contribution is 6.24. The van der Waals surface area contributed by atoms with E-state index in [1.807, 2.05) is 24.4 Å². The number of anilines is 1. The van der Waals surface area contributed by atoms with Gasteiger partial charge in [0.2, 0.25) is 5.91 Å². The summed E-state index contributed by atoms with van der Waals surface area (Å²) in [6, 6.07) is 10.4. The largest absolute Gasteiger partial charge is 0.342 e. The van der Waals surface area contributed by atoms with E-state index in [0.717, 1.165) is 60.8 Å². The number of hydrogen-bond acceptors (Lipinski definition) is 3. The Morgan fingerprint density at radius 1 is 1.18 bits per heavy atom. The smallest absolute Gasteiger partial charge is 0.256 e. The van der Waals surface area contributed by atoms with Crippen LogP contribution in [-0.4, -0.2) is 39.6 Å². The summed E-state index contributed by atoms with van der Waals surface area (Å²) in [7, 11) is 0. The first-order chi connectivity index (χ1) is 15.9. The standard InChI is InChI=1S/C27H30N4O2/c1-17(20-7-8-23-24-21(20)5-3-6-22(24)25(32)29-23)18-15-28-31(16-18)19-9-13-30(14-10-19)26(33)27(2)11-4-12-27/h3,5-8,15-17,19H,4,9-14H2,1-2H3,(H,29,32)/t17-/m0/s1. The Kier molecular flexibility index (Phi) is 4.61. The fraction of sp³-hybridized carbons (Fsp3) is 0.444. The molecule has 1 atom stereocenters. The third-order valence-electron chi connectivity index (χ3n) is 8.25. The average Bonchev–Trinajstić information content (AvgIpc) is 3.43. The SMILES string of the molecule is C[C@@H](c1cnn(C2CCN(C(=O)C3(C)CCC3)CC2)c1)c1ccc2c3c(cccc13)C(=O)N2. The van der Waals surface area contributed by atoms with Crippen LogP contribution in [0.25, 0.3) is 10.8 Å². The highest BCUT2D eigenvalue weighted by atomic mass is 16.2. The third kappa shape index (κ3) is 3.18. The second kappa shape index (κ2) is 7.44. The zero-order valence-corrected chi connectivity index (χ0v) is 19.3. The topological polar surface area (TPSA) is 67.2 Å². The maximum Gasteiger partial charge on any atom is 0.256 e. The van der Waals surface area contributed by atoms with Crippen LogP contribution in [0.3, 0.4) is 0 Å². The summed E-state index contributed by atoms with van der Waals surface area (Å²) in [4.78, 5) is 27.2. The van der Waals surface area contributed by atoms with Crippen LogP contribution in [0, 0.1) is 5.41 Å². The molecule has 0 spiro atoms. The second-order valence-electron chi connectivity index (χ2n) is 10.3. The van der Waals surface area contributed by atoms with Crippen LogP contribution in [0.2, 0.25) is 0 Å². The molecule has 1 aliphatic carbocycles. The van der Waals surface area contributed by atoms with Gasteiger partial charge in [0, 0.05) is 47.3 Å². The number of amides is 2. The van der Waals surface area contributed by atoms with Crippen LogP contribution < -0.4 is 5.32 Å². The number of likely N-dealkylation sites (tertiary alicyclic amines) is 1. The summed E-state index contributed by atoms with van der Waals surface area (Å²) in [6.07, 6.45) is 9.30. The lowest BCUT2D eigenvalue weighted by Crippen LogP contribution is -2.49. The molecule has 1 N–H and O–H groups in total. The number of nitrogens with one attached hydrogen (secondary N) is 1. The van der Waals surface area contributed by atoms with Gasteiger partial charge >= 0.3 is 0 Å². The Morgan fingerprint density at radius 3 is 2.70 bits per heavy atom. The normalized spacial score (nSPS) is 20.5. The highest BCUT2D eigenvalue weighted by Gasteiger charge is 2.42. The number of rotatable bonds is 4. The van der Waals surface area contributed by atoms with Crippen molar-refractivity contribution in [1.29, 1.82) is 0 Å². The Morgan fingerprint density at radius 2 is 1.97 bits per heavy atom. The minimum Gasteiger partial charge on any atom is -0.342 e. The van der Waals surface area contributed by atoms with Gasteiger partial charge in [-0.1, -0.05) is 38.5 Å². The van der Waals surface area contributed by atoms with Crippen LogP contribution in [0.1, 0.15) is 79.4 Å². The molecule has 6 heteroatoms. The molecule has 2 fully saturated rings. The van der Waals surface area contributed by atoms with E-state index >= 15 is 0 Å².